The molecule has 0 bridgehead atoms. The van der Waals surface area contributed by atoms with Crippen LogP contribution in [0.4, 0.5) is 11.6 Å². The Kier molecular flexibility index (Phi) is 2.77. The van der Waals surface area contributed by atoms with Crippen molar-refractivity contribution >= 4 is 17.6 Å². The maximum atomic E-state index is 10.8. The predicted molar refractivity (Wildman–Crippen MR) is 66.6 cm³/mol. The fraction of sp³-hybridized carbons (Fsp3) is 0.583. The third-order valence-electron chi connectivity index (χ3n) is 3.52. The summed E-state index contributed by atoms with van der Waals surface area (Å²) >= 11 is 0. The molecule has 0 spiro atoms. The molecule has 2 fully saturated rings. The fourth-order valence-corrected chi connectivity index (χ4v) is 2.36. The van der Waals surface area contributed by atoms with Crippen LogP contribution in [0.5, 0.6) is 0 Å². The molecular weight excluding hydrogens is 232 g/mol. The van der Waals surface area contributed by atoms with Crippen LogP contribution < -0.4 is 10.2 Å². The standard InChI is InChI=1S/C12H16N4O2/c17-12(18)8-5-9(8)15-10-6-11(14-7-13-10)16-3-1-2-4-16/h6-9H,1-5H2,(H,17,18)(H,13,14,15). The first-order valence-corrected chi connectivity index (χ1v) is 6.30. The van der Waals surface area contributed by atoms with E-state index < -0.39 is 5.97 Å². The van der Waals surface area contributed by atoms with Gasteiger partial charge < -0.3 is 15.3 Å². The predicted octanol–water partition coefficient (Wildman–Crippen LogP) is 0.962. The lowest BCUT2D eigenvalue weighted by atomic mass is 10.4. The summed E-state index contributed by atoms with van der Waals surface area (Å²) in [6.07, 6.45) is 4.62. The summed E-state index contributed by atoms with van der Waals surface area (Å²) in [5, 5.41) is 12.0. The van der Waals surface area contributed by atoms with Gasteiger partial charge in [-0.25, -0.2) is 9.97 Å². The first kappa shape index (κ1) is 11.3. The van der Waals surface area contributed by atoms with E-state index in [1.54, 1.807) is 0 Å². The third kappa shape index (κ3) is 2.23. The number of carbonyl (C=O) groups is 1. The Bertz CT molecular complexity index is 459. The number of hydrogen-bond donors (Lipinski definition) is 2. The monoisotopic (exact) mass is 248 g/mol. The summed E-state index contributed by atoms with van der Waals surface area (Å²) in [6.45, 7) is 2.08. The van der Waals surface area contributed by atoms with Crippen LogP contribution in [0, 0.1) is 5.92 Å². The normalized spacial score (nSPS) is 26.1. The molecule has 2 heterocycles. The molecule has 1 aromatic heterocycles. The van der Waals surface area contributed by atoms with Crippen molar-refractivity contribution in [3.63, 3.8) is 0 Å². The molecule has 1 aliphatic carbocycles. The van der Waals surface area contributed by atoms with E-state index in [1.165, 1.54) is 19.2 Å². The Labute approximate surface area is 105 Å². The minimum Gasteiger partial charge on any atom is -0.481 e. The largest absolute Gasteiger partial charge is 0.481 e. The topological polar surface area (TPSA) is 78.4 Å². The second-order valence-corrected chi connectivity index (χ2v) is 4.89. The highest BCUT2D eigenvalue weighted by Gasteiger charge is 2.43. The van der Waals surface area contributed by atoms with E-state index in [4.69, 9.17) is 5.11 Å². The van der Waals surface area contributed by atoms with Gasteiger partial charge in [-0.2, -0.15) is 0 Å². The van der Waals surface area contributed by atoms with Crippen molar-refractivity contribution in [2.45, 2.75) is 25.3 Å². The zero-order chi connectivity index (χ0) is 12.5. The Balaban J connectivity index is 1.66. The van der Waals surface area contributed by atoms with Crippen LogP contribution in [0.1, 0.15) is 19.3 Å². The van der Waals surface area contributed by atoms with Crippen LogP contribution >= 0.6 is 0 Å². The molecule has 96 valence electrons. The zero-order valence-corrected chi connectivity index (χ0v) is 10.0. The Morgan fingerprint density at radius 3 is 2.83 bits per heavy atom. The second-order valence-electron chi connectivity index (χ2n) is 4.89. The minimum absolute atomic E-state index is 0.0174. The molecule has 2 unspecified atom stereocenters. The SMILES string of the molecule is O=C(O)C1CC1Nc1cc(N2CCCC2)ncn1. The maximum absolute atomic E-state index is 10.8. The second kappa shape index (κ2) is 4.44. The summed E-state index contributed by atoms with van der Waals surface area (Å²) in [5.41, 5.74) is 0. The van der Waals surface area contributed by atoms with E-state index in [0.717, 1.165) is 24.7 Å². The number of anilines is 2. The molecule has 3 rings (SSSR count). The van der Waals surface area contributed by atoms with Crippen LogP contribution in [0.15, 0.2) is 12.4 Å². The van der Waals surface area contributed by atoms with Crippen LogP contribution in [0.3, 0.4) is 0 Å². The maximum Gasteiger partial charge on any atom is 0.308 e. The average Bonchev–Trinajstić information content (AvgIpc) is 2.92. The highest BCUT2D eigenvalue weighted by molar-refractivity contribution is 5.75. The van der Waals surface area contributed by atoms with Crippen LogP contribution in [0.2, 0.25) is 0 Å². The van der Waals surface area contributed by atoms with E-state index in [2.05, 4.69) is 20.2 Å². The molecule has 1 saturated carbocycles. The first-order chi connectivity index (χ1) is 8.74. The van der Waals surface area contributed by atoms with E-state index in [9.17, 15) is 4.79 Å². The lowest BCUT2D eigenvalue weighted by Crippen LogP contribution is -2.19. The smallest absolute Gasteiger partial charge is 0.308 e. The number of carboxylic acids is 1. The Morgan fingerprint density at radius 2 is 2.17 bits per heavy atom. The van der Waals surface area contributed by atoms with E-state index >= 15 is 0 Å². The van der Waals surface area contributed by atoms with Gasteiger partial charge in [0.15, 0.2) is 0 Å². The third-order valence-corrected chi connectivity index (χ3v) is 3.52. The van der Waals surface area contributed by atoms with Crippen molar-refractivity contribution < 1.29 is 9.90 Å². The van der Waals surface area contributed by atoms with Gasteiger partial charge in [0.25, 0.3) is 0 Å². The van der Waals surface area contributed by atoms with Crippen molar-refractivity contribution in [1.82, 2.24) is 9.97 Å². The van der Waals surface area contributed by atoms with Gasteiger partial charge >= 0.3 is 5.97 Å². The molecule has 0 radical (unpaired) electrons. The Hall–Kier alpha value is -1.85. The molecule has 6 heteroatoms. The first-order valence-electron chi connectivity index (χ1n) is 6.30. The number of hydrogen-bond acceptors (Lipinski definition) is 5. The molecule has 2 aliphatic rings. The van der Waals surface area contributed by atoms with Crippen LogP contribution in [0.25, 0.3) is 0 Å². The minimum atomic E-state index is -0.735. The lowest BCUT2D eigenvalue weighted by Gasteiger charge is -2.16. The van der Waals surface area contributed by atoms with Crippen LogP contribution in [-0.4, -0.2) is 40.2 Å². The average molecular weight is 248 g/mol. The number of nitrogens with zero attached hydrogens (tertiary/aromatic N) is 3. The zero-order valence-electron chi connectivity index (χ0n) is 10.0. The number of aromatic nitrogens is 2. The summed E-state index contributed by atoms with van der Waals surface area (Å²) in [5.74, 6) is 0.648. The van der Waals surface area contributed by atoms with Gasteiger partial charge in [-0.3, -0.25) is 4.79 Å². The van der Waals surface area contributed by atoms with Gasteiger partial charge in [0.1, 0.15) is 18.0 Å². The molecule has 1 aromatic rings. The molecule has 1 saturated heterocycles. The van der Waals surface area contributed by atoms with Crippen LogP contribution in [-0.2, 0) is 4.79 Å². The summed E-state index contributed by atoms with van der Waals surface area (Å²) in [7, 11) is 0. The van der Waals surface area contributed by atoms with Crippen molar-refractivity contribution in [3.05, 3.63) is 12.4 Å². The summed E-state index contributed by atoms with van der Waals surface area (Å²) in [6, 6.07) is 1.92. The number of carboxylic acid groups (broad SMARTS) is 1. The number of nitrogens with one attached hydrogen (secondary N) is 1. The van der Waals surface area contributed by atoms with Gasteiger partial charge in [-0.15, -0.1) is 0 Å². The molecule has 0 aromatic carbocycles. The van der Waals surface area contributed by atoms with Crippen molar-refractivity contribution in [2.24, 2.45) is 5.92 Å². The van der Waals surface area contributed by atoms with E-state index in [1.807, 2.05) is 6.07 Å². The van der Waals surface area contributed by atoms with Gasteiger partial charge in [0.05, 0.1) is 5.92 Å². The van der Waals surface area contributed by atoms with Crippen molar-refractivity contribution in [2.75, 3.05) is 23.3 Å². The van der Waals surface area contributed by atoms with Crippen molar-refractivity contribution in [3.8, 4) is 0 Å². The van der Waals surface area contributed by atoms with Crippen molar-refractivity contribution in [1.29, 1.82) is 0 Å². The lowest BCUT2D eigenvalue weighted by molar-refractivity contribution is -0.138. The fourth-order valence-electron chi connectivity index (χ4n) is 2.36. The molecular formula is C12H16N4O2. The van der Waals surface area contributed by atoms with Gasteiger partial charge in [-0.05, 0) is 19.3 Å². The molecule has 2 N–H and O–H groups in total. The molecule has 2 atom stereocenters. The number of rotatable bonds is 4. The molecule has 0 amide bonds. The summed E-state index contributed by atoms with van der Waals surface area (Å²) < 4.78 is 0. The quantitative estimate of drug-likeness (QED) is 0.826. The van der Waals surface area contributed by atoms with Gasteiger partial charge in [0, 0.05) is 25.2 Å². The number of aliphatic carboxylic acids is 1. The van der Waals surface area contributed by atoms with E-state index in [0.29, 0.717) is 6.42 Å². The molecule has 6 nitrogen and oxygen atoms in total. The highest BCUT2D eigenvalue weighted by atomic mass is 16.4. The van der Waals surface area contributed by atoms with Gasteiger partial charge in [-0.1, -0.05) is 0 Å². The van der Waals surface area contributed by atoms with E-state index in [-0.39, 0.29) is 12.0 Å². The molecule has 18 heavy (non-hydrogen) atoms. The van der Waals surface area contributed by atoms with Gasteiger partial charge in [0.2, 0.25) is 0 Å². The highest BCUT2D eigenvalue weighted by Crippen LogP contribution is 2.33. The summed E-state index contributed by atoms with van der Waals surface area (Å²) in [4.78, 5) is 21.4. The Morgan fingerprint density at radius 1 is 1.39 bits per heavy atom. The molecule has 1 aliphatic heterocycles.